The van der Waals surface area contributed by atoms with Crippen LogP contribution in [0.15, 0.2) is 12.3 Å². The highest BCUT2D eigenvalue weighted by Gasteiger charge is 2.47. The molecule has 0 aromatic carbocycles. The second-order valence-electron chi connectivity index (χ2n) is 4.92. The lowest BCUT2D eigenvalue weighted by Gasteiger charge is -2.48. The molecule has 92 valence electrons. The van der Waals surface area contributed by atoms with Crippen LogP contribution in [0.3, 0.4) is 0 Å². The minimum absolute atomic E-state index is 0.345. The molecule has 0 aliphatic carbocycles. The maximum atomic E-state index is 5.88. The van der Waals surface area contributed by atoms with E-state index in [1.54, 1.807) is 19.4 Å². The van der Waals surface area contributed by atoms with Crippen LogP contribution in [0.25, 0.3) is 0 Å². The van der Waals surface area contributed by atoms with Crippen LogP contribution in [0.5, 0.6) is 5.75 Å². The number of methoxy groups -OCH3 is 1. The molecule has 3 rings (SSSR count). The van der Waals surface area contributed by atoms with Crippen molar-refractivity contribution in [1.29, 1.82) is 0 Å². The summed E-state index contributed by atoms with van der Waals surface area (Å²) in [6.45, 7) is 3.73. The zero-order chi connectivity index (χ0) is 11.9. The van der Waals surface area contributed by atoms with Crippen LogP contribution in [0, 0.1) is 5.41 Å². The predicted octanol–water partition coefficient (Wildman–Crippen LogP) is 0.899. The largest absolute Gasteiger partial charge is 0.491 e. The van der Waals surface area contributed by atoms with E-state index in [2.05, 4.69) is 9.88 Å². The summed E-state index contributed by atoms with van der Waals surface area (Å²) in [7, 11) is 1.63. The molecule has 0 saturated carbocycles. The molecule has 5 heteroatoms. The third-order valence-corrected chi connectivity index (χ3v) is 3.66. The SMILES string of the molecule is COc1c(N)ccnc1N1CC2(CCOC2)C1. The fourth-order valence-electron chi connectivity index (χ4n) is 2.70. The highest BCUT2D eigenvalue weighted by Crippen LogP contribution is 2.43. The van der Waals surface area contributed by atoms with Gasteiger partial charge >= 0.3 is 0 Å². The highest BCUT2D eigenvalue weighted by atomic mass is 16.5. The van der Waals surface area contributed by atoms with E-state index in [0.29, 0.717) is 16.9 Å². The van der Waals surface area contributed by atoms with Gasteiger partial charge in [0.25, 0.3) is 0 Å². The second-order valence-corrected chi connectivity index (χ2v) is 4.92. The van der Waals surface area contributed by atoms with E-state index in [4.69, 9.17) is 15.2 Å². The van der Waals surface area contributed by atoms with E-state index in [1.807, 2.05) is 0 Å². The van der Waals surface area contributed by atoms with Gasteiger partial charge in [0.15, 0.2) is 11.6 Å². The smallest absolute Gasteiger partial charge is 0.184 e. The molecular formula is C12H17N3O2. The van der Waals surface area contributed by atoms with Gasteiger partial charge in [-0.05, 0) is 12.5 Å². The molecule has 0 radical (unpaired) electrons. The van der Waals surface area contributed by atoms with E-state index < -0.39 is 0 Å². The second kappa shape index (κ2) is 3.77. The van der Waals surface area contributed by atoms with Gasteiger partial charge in [-0.1, -0.05) is 0 Å². The number of anilines is 2. The van der Waals surface area contributed by atoms with E-state index in [1.165, 1.54) is 0 Å². The monoisotopic (exact) mass is 235 g/mol. The number of nitrogens with zero attached hydrogens (tertiary/aromatic N) is 2. The zero-order valence-corrected chi connectivity index (χ0v) is 9.98. The van der Waals surface area contributed by atoms with E-state index in [-0.39, 0.29) is 0 Å². The standard InChI is InChI=1S/C12H17N3O2/c1-16-10-9(13)2-4-14-11(10)15-6-12(7-15)3-5-17-8-12/h2,4H,3,5-8H2,1H3,(H2,13,14). The van der Waals surface area contributed by atoms with Gasteiger partial charge in [0.1, 0.15) is 0 Å². The van der Waals surface area contributed by atoms with Gasteiger partial charge in [-0.25, -0.2) is 4.98 Å². The number of nitrogens with two attached hydrogens (primary N) is 1. The van der Waals surface area contributed by atoms with Crippen molar-refractivity contribution in [2.24, 2.45) is 5.41 Å². The van der Waals surface area contributed by atoms with Crippen molar-refractivity contribution in [1.82, 2.24) is 4.98 Å². The van der Waals surface area contributed by atoms with Crippen LogP contribution < -0.4 is 15.4 Å². The number of nitrogen functional groups attached to an aromatic ring is 1. The van der Waals surface area contributed by atoms with Gasteiger partial charge in [-0.15, -0.1) is 0 Å². The minimum atomic E-state index is 0.345. The Balaban J connectivity index is 1.80. The summed E-state index contributed by atoms with van der Waals surface area (Å²) in [5.74, 6) is 1.53. The van der Waals surface area contributed by atoms with Gasteiger partial charge in [-0.3, -0.25) is 0 Å². The Morgan fingerprint density at radius 2 is 2.35 bits per heavy atom. The summed E-state index contributed by atoms with van der Waals surface area (Å²) in [6, 6.07) is 1.76. The summed E-state index contributed by atoms with van der Waals surface area (Å²) >= 11 is 0. The third kappa shape index (κ3) is 1.61. The van der Waals surface area contributed by atoms with Crippen molar-refractivity contribution in [2.75, 3.05) is 44.0 Å². The van der Waals surface area contributed by atoms with Gasteiger partial charge in [-0.2, -0.15) is 0 Å². The molecule has 1 aromatic rings. The molecule has 0 atom stereocenters. The first-order valence-electron chi connectivity index (χ1n) is 5.85. The summed E-state index contributed by atoms with van der Waals surface area (Å²) < 4.78 is 10.8. The van der Waals surface area contributed by atoms with Crippen molar-refractivity contribution in [3.05, 3.63) is 12.3 Å². The topological polar surface area (TPSA) is 60.6 Å². The number of ether oxygens (including phenoxy) is 2. The lowest BCUT2D eigenvalue weighted by Crippen LogP contribution is -2.57. The van der Waals surface area contributed by atoms with Crippen molar-refractivity contribution in [3.63, 3.8) is 0 Å². The van der Waals surface area contributed by atoms with Gasteiger partial charge in [0.2, 0.25) is 0 Å². The van der Waals surface area contributed by atoms with Crippen molar-refractivity contribution in [3.8, 4) is 5.75 Å². The normalized spacial score (nSPS) is 21.6. The van der Waals surface area contributed by atoms with Crippen LogP contribution in [-0.2, 0) is 4.74 Å². The average molecular weight is 235 g/mol. The molecule has 2 aliphatic rings. The fourth-order valence-corrected chi connectivity index (χ4v) is 2.70. The minimum Gasteiger partial charge on any atom is -0.491 e. The highest BCUT2D eigenvalue weighted by molar-refractivity contribution is 5.67. The number of hydrogen-bond acceptors (Lipinski definition) is 5. The first-order valence-corrected chi connectivity index (χ1v) is 5.85. The van der Waals surface area contributed by atoms with Gasteiger partial charge in [0, 0.05) is 31.3 Å². The molecule has 2 aliphatic heterocycles. The molecule has 0 bridgehead atoms. The molecule has 5 nitrogen and oxygen atoms in total. The first kappa shape index (κ1) is 10.7. The fraction of sp³-hybridized carbons (Fsp3) is 0.583. The molecular weight excluding hydrogens is 218 g/mol. The Morgan fingerprint density at radius 3 is 3.00 bits per heavy atom. The molecule has 3 heterocycles. The summed E-state index contributed by atoms with van der Waals surface area (Å²) in [5, 5.41) is 0. The van der Waals surface area contributed by atoms with E-state index in [9.17, 15) is 0 Å². The van der Waals surface area contributed by atoms with Crippen LogP contribution in [0.1, 0.15) is 6.42 Å². The molecule has 0 unspecified atom stereocenters. The van der Waals surface area contributed by atoms with Crippen molar-refractivity contribution in [2.45, 2.75) is 6.42 Å². The third-order valence-electron chi connectivity index (χ3n) is 3.66. The van der Waals surface area contributed by atoms with E-state index >= 15 is 0 Å². The number of aromatic nitrogens is 1. The molecule has 1 spiro atoms. The van der Waals surface area contributed by atoms with Crippen LogP contribution in [0.2, 0.25) is 0 Å². The predicted molar refractivity (Wildman–Crippen MR) is 65.3 cm³/mol. The van der Waals surface area contributed by atoms with Crippen LogP contribution in [0.4, 0.5) is 11.5 Å². The molecule has 2 saturated heterocycles. The van der Waals surface area contributed by atoms with E-state index in [0.717, 1.165) is 38.5 Å². The van der Waals surface area contributed by atoms with Crippen LogP contribution in [-0.4, -0.2) is 38.4 Å². The Bertz CT molecular complexity index is 422. The number of pyridine rings is 1. The lowest BCUT2D eigenvalue weighted by atomic mass is 9.79. The first-order chi connectivity index (χ1) is 8.24. The van der Waals surface area contributed by atoms with Crippen molar-refractivity contribution < 1.29 is 9.47 Å². The summed E-state index contributed by atoms with van der Waals surface area (Å²) in [4.78, 5) is 6.58. The summed E-state index contributed by atoms with van der Waals surface area (Å²) in [6.07, 6.45) is 2.87. The number of rotatable bonds is 2. The van der Waals surface area contributed by atoms with Gasteiger partial charge in [0.05, 0.1) is 19.4 Å². The van der Waals surface area contributed by atoms with Crippen molar-refractivity contribution >= 4 is 11.5 Å². The quantitative estimate of drug-likeness (QED) is 0.825. The maximum Gasteiger partial charge on any atom is 0.184 e. The zero-order valence-electron chi connectivity index (χ0n) is 9.98. The van der Waals surface area contributed by atoms with Gasteiger partial charge < -0.3 is 20.1 Å². The Kier molecular flexibility index (Phi) is 2.36. The molecule has 2 fully saturated rings. The molecule has 1 aromatic heterocycles. The lowest BCUT2D eigenvalue weighted by molar-refractivity contribution is 0.130. The molecule has 2 N–H and O–H groups in total. The molecule has 17 heavy (non-hydrogen) atoms. The Morgan fingerprint density at radius 1 is 1.53 bits per heavy atom. The maximum absolute atomic E-state index is 5.88. The Labute approximate surface area is 101 Å². The van der Waals surface area contributed by atoms with Crippen LogP contribution >= 0.6 is 0 Å². The number of hydrogen-bond donors (Lipinski definition) is 1. The average Bonchev–Trinajstić information content (AvgIpc) is 2.76. The Hall–Kier alpha value is -1.49. The summed E-state index contributed by atoms with van der Waals surface area (Å²) in [5.41, 5.74) is 6.86. The molecule has 0 amide bonds.